The third-order valence-electron chi connectivity index (χ3n) is 3.26. The van der Waals surface area contributed by atoms with Gasteiger partial charge in [-0.25, -0.2) is 4.21 Å². The Morgan fingerprint density at radius 3 is 2.50 bits per heavy atom. The van der Waals surface area contributed by atoms with Crippen LogP contribution in [0, 0.1) is 0 Å². The molecule has 1 atom stereocenters. The van der Waals surface area contributed by atoms with Gasteiger partial charge in [0.25, 0.3) is 17.1 Å². The second kappa shape index (κ2) is 6.76. The smallest absolute Gasteiger partial charge is 0.269 e. The summed E-state index contributed by atoms with van der Waals surface area (Å²) >= 11 is -1.71. The molecule has 1 aliphatic heterocycles. The van der Waals surface area contributed by atoms with Crippen molar-refractivity contribution in [1.29, 1.82) is 0 Å². The number of hydrogen-bond donors (Lipinski definition) is 3. The summed E-state index contributed by atoms with van der Waals surface area (Å²) in [7, 11) is 3.27. The molecular formula is C15H23N5O3S. The maximum absolute atomic E-state index is 12.1. The summed E-state index contributed by atoms with van der Waals surface area (Å²) in [5, 5.41) is 16.5. The van der Waals surface area contributed by atoms with Crippen LogP contribution < -0.4 is 10.6 Å². The van der Waals surface area contributed by atoms with Gasteiger partial charge in [-0.3, -0.25) is 4.79 Å². The number of amidine groups is 2. The van der Waals surface area contributed by atoms with Gasteiger partial charge in [0.05, 0.1) is 11.3 Å². The van der Waals surface area contributed by atoms with E-state index in [1.54, 1.807) is 20.2 Å². The fraction of sp³-hybridized carbons (Fsp3) is 0.533. The number of aliphatic hydroxyl groups excluding tert-OH is 1. The van der Waals surface area contributed by atoms with Gasteiger partial charge in [-0.2, -0.15) is 0 Å². The molecule has 9 heteroatoms. The Morgan fingerprint density at radius 2 is 1.92 bits per heavy atom. The van der Waals surface area contributed by atoms with Crippen molar-refractivity contribution >= 4 is 28.8 Å². The quantitative estimate of drug-likeness (QED) is 0.685. The average molecular weight is 353 g/mol. The van der Waals surface area contributed by atoms with Crippen LogP contribution in [-0.2, 0) is 16.0 Å². The molecule has 1 amide bonds. The minimum Gasteiger partial charge on any atom is -0.505 e. The lowest BCUT2D eigenvalue weighted by atomic mass is 10.00. The molecule has 0 spiro atoms. The summed E-state index contributed by atoms with van der Waals surface area (Å²) in [5.41, 5.74) is 0.417. The molecule has 0 aromatic rings. The molecule has 132 valence electrons. The number of nitrogens with zero attached hydrogens (tertiary/aromatic N) is 3. The number of hydrogen-bond acceptors (Lipinski definition) is 5. The number of carbonyl (C=O) groups is 1. The molecule has 2 aliphatic rings. The zero-order valence-corrected chi connectivity index (χ0v) is 15.3. The molecule has 24 heavy (non-hydrogen) atoms. The summed E-state index contributed by atoms with van der Waals surface area (Å²) in [6.45, 7) is 5.83. The first-order valence-corrected chi connectivity index (χ1v) is 8.64. The number of carbonyl (C=O) groups excluding carboxylic acids is 1. The molecular weight excluding hydrogens is 330 g/mol. The molecule has 0 aromatic heterocycles. The summed E-state index contributed by atoms with van der Waals surface area (Å²) in [6.07, 6.45) is 2.85. The highest BCUT2D eigenvalue weighted by atomic mass is 32.2. The molecule has 1 unspecified atom stereocenters. The van der Waals surface area contributed by atoms with E-state index in [0.29, 0.717) is 29.9 Å². The summed E-state index contributed by atoms with van der Waals surface area (Å²) in [4.78, 5) is 13.6. The van der Waals surface area contributed by atoms with E-state index in [1.165, 1.54) is 4.90 Å². The number of likely N-dealkylation sites (N-methyl/N-ethyl adjacent to an activating group) is 1. The van der Waals surface area contributed by atoms with Crippen LogP contribution in [0.25, 0.3) is 0 Å². The van der Waals surface area contributed by atoms with Gasteiger partial charge in [0, 0.05) is 19.6 Å². The largest absolute Gasteiger partial charge is 0.505 e. The monoisotopic (exact) mass is 353 g/mol. The topological polar surface area (TPSA) is 106 Å². The van der Waals surface area contributed by atoms with Crippen LogP contribution in [0.1, 0.15) is 33.6 Å². The Hall–Kier alpha value is -2.16. The lowest BCUT2D eigenvalue weighted by molar-refractivity contribution is -0.125. The van der Waals surface area contributed by atoms with Gasteiger partial charge in [0.1, 0.15) is 5.76 Å². The van der Waals surface area contributed by atoms with E-state index >= 15 is 0 Å². The van der Waals surface area contributed by atoms with E-state index in [4.69, 9.17) is 0 Å². The lowest BCUT2D eigenvalue weighted by Crippen LogP contribution is -2.47. The third-order valence-corrected chi connectivity index (χ3v) is 3.94. The van der Waals surface area contributed by atoms with E-state index in [2.05, 4.69) is 19.4 Å². The van der Waals surface area contributed by atoms with Crippen LogP contribution >= 0.6 is 0 Å². The van der Waals surface area contributed by atoms with Crippen molar-refractivity contribution in [3.8, 4) is 0 Å². The van der Waals surface area contributed by atoms with Gasteiger partial charge in [0.2, 0.25) is 0 Å². The molecule has 0 saturated carbocycles. The van der Waals surface area contributed by atoms with Crippen molar-refractivity contribution in [3.05, 3.63) is 23.1 Å². The van der Waals surface area contributed by atoms with Crippen LogP contribution in [0.5, 0.6) is 0 Å². The second-order valence-corrected chi connectivity index (χ2v) is 7.62. The number of allylic oxidation sites excluding steroid dienone is 1. The Morgan fingerprint density at radius 1 is 1.29 bits per heavy atom. The summed E-state index contributed by atoms with van der Waals surface area (Å²) in [5.74, 6) is 0.286. The lowest BCUT2D eigenvalue weighted by Gasteiger charge is -2.24. The second-order valence-electron chi connectivity index (χ2n) is 6.79. The molecule has 0 radical (unpaired) electrons. The number of amides is 1. The van der Waals surface area contributed by atoms with Crippen molar-refractivity contribution in [2.45, 2.75) is 39.2 Å². The minimum absolute atomic E-state index is 0.115. The maximum Gasteiger partial charge on any atom is 0.269 e. The van der Waals surface area contributed by atoms with E-state index in [9.17, 15) is 14.1 Å². The SMILES string of the molecule is CN(C)C(=O)C1=C(O)C(NC2=NS(=O)N=C2NC(C)(C)C)=CCC1. The zero-order valence-electron chi connectivity index (χ0n) is 14.5. The van der Waals surface area contributed by atoms with Crippen molar-refractivity contribution in [2.24, 2.45) is 8.80 Å². The first kappa shape index (κ1) is 18.2. The van der Waals surface area contributed by atoms with Crippen molar-refractivity contribution in [1.82, 2.24) is 15.5 Å². The standard InChI is InChI=1S/C15H23N5O3S/c1-15(2,3)17-13-12(18-24(23)19-13)16-10-8-6-7-9(11(10)21)14(22)20(4)5/h8,21H,6-7H2,1-5H3,(H,16,18)(H,17,19). The van der Waals surface area contributed by atoms with Crippen molar-refractivity contribution in [2.75, 3.05) is 14.1 Å². The van der Waals surface area contributed by atoms with Gasteiger partial charge in [-0.05, 0) is 33.6 Å². The Bertz CT molecular complexity index is 698. The van der Waals surface area contributed by atoms with Gasteiger partial charge in [0.15, 0.2) is 11.7 Å². The van der Waals surface area contributed by atoms with E-state index < -0.39 is 11.2 Å². The Balaban J connectivity index is 2.23. The summed E-state index contributed by atoms with van der Waals surface area (Å²) < 4.78 is 19.5. The first-order chi connectivity index (χ1) is 11.1. The maximum atomic E-state index is 12.1. The van der Waals surface area contributed by atoms with Crippen LogP contribution in [0.15, 0.2) is 31.9 Å². The van der Waals surface area contributed by atoms with Crippen molar-refractivity contribution < 1.29 is 14.1 Å². The van der Waals surface area contributed by atoms with E-state index in [1.807, 2.05) is 20.8 Å². The van der Waals surface area contributed by atoms with Crippen LogP contribution in [-0.4, -0.2) is 51.4 Å². The molecule has 1 aliphatic carbocycles. The zero-order chi connectivity index (χ0) is 18.1. The van der Waals surface area contributed by atoms with Crippen molar-refractivity contribution in [3.63, 3.8) is 0 Å². The average Bonchev–Trinajstić information content (AvgIpc) is 2.78. The Labute approximate surface area is 144 Å². The fourth-order valence-electron chi connectivity index (χ4n) is 2.24. The molecule has 1 heterocycles. The fourth-order valence-corrected chi connectivity index (χ4v) is 2.85. The van der Waals surface area contributed by atoms with E-state index in [0.717, 1.165) is 0 Å². The molecule has 0 aromatic carbocycles. The molecule has 0 saturated heterocycles. The number of rotatable bonds is 2. The number of nitrogens with one attached hydrogen (secondary N) is 2. The highest BCUT2D eigenvalue weighted by molar-refractivity contribution is 7.83. The highest BCUT2D eigenvalue weighted by Crippen LogP contribution is 2.23. The molecule has 8 nitrogen and oxygen atoms in total. The van der Waals surface area contributed by atoms with Gasteiger partial charge in [-0.1, -0.05) is 6.08 Å². The van der Waals surface area contributed by atoms with Crippen LogP contribution in [0.2, 0.25) is 0 Å². The molecule has 0 fully saturated rings. The predicted molar refractivity (Wildman–Crippen MR) is 94.7 cm³/mol. The minimum atomic E-state index is -1.71. The Kier molecular flexibility index (Phi) is 5.12. The van der Waals surface area contributed by atoms with Crippen LogP contribution in [0.3, 0.4) is 0 Å². The molecule has 0 bridgehead atoms. The first-order valence-electron chi connectivity index (χ1n) is 7.58. The van der Waals surface area contributed by atoms with Gasteiger partial charge in [-0.15, -0.1) is 8.80 Å². The van der Waals surface area contributed by atoms with Crippen LogP contribution in [0.4, 0.5) is 0 Å². The number of aliphatic hydroxyl groups is 1. The third kappa shape index (κ3) is 4.22. The van der Waals surface area contributed by atoms with E-state index in [-0.39, 0.29) is 23.0 Å². The predicted octanol–water partition coefficient (Wildman–Crippen LogP) is 0.931. The van der Waals surface area contributed by atoms with Gasteiger partial charge < -0.3 is 20.6 Å². The normalized spacial score (nSPS) is 21.0. The molecule has 3 N–H and O–H groups in total. The molecule has 2 rings (SSSR count). The van der Waals surface area contributed by atoms with Gasteiger partial charge >= 0.3 is 0 Å². The summed E-state index contributed by atoms with van der Waals surface area (Å²) in [6, 6.07) is 0. The highest BCUT2D eigenvalue weighted by Gasteiger charge is 2.27.